The standard InChI is InChI=1S/C26H28FN3O/c27-24-14-8-7-13-23(24)20-29-15-17-30(18-16-29)25(31)19-28-26(21-9-3-1-4-10-21)22-11-5-2-6-12-22/h1-14,26,28H,15-20H2/p+2. The van der Waals surface area contributed by atoms with Crippen molar-refractivity contribution in [1.29, 1.82) is 0 Å². The van der Waals surface area contributed by atoms with Crippen LogP contribution in [0.1, 0.15) is 22.7 Å². The van der Waals surface area contributed by atoms with E-state index in [9.17, 15) is 9.18 Å². The van der Waals surface area contributed by atoms with Crippen LogP contribution in [-0.4, -0.2) is 43.5 Å². The van der Waals surface area contributed by atoms with Crippen molar-refractivity contribution in [3.05, 3.63) is 107 Å². The van der Waals surface area contributed by atoms with Crippen LogP contribution in [0.5, 0.6) is 0 Å². The molecule has 31 heavy (non-hydrogen) atoms. The molecule has 0 radical (unpaired) electrons. The highest BCUT2D eigenvalue weighted by Gasteiger charge is 2.26. The highest BCUT2D eigenvalue weighted by molar-refractivity contribution is 5.77. The summed E-state index contributed by atoms with van der Waals surface area (Å²) in [4.78, 5) is 16.2. The lowest BCUT2D eigenvalue weighted by Gasteiger charge is -2.32. The highest BCUT2D eigenvalue weighted by atomic mass is 19.1. The lowest BCUT2D eigenvalue weighted by atomic mass is 9.99. The van der Waals surface area contributed by atoms with Crippen molar-refractivity contribution in [2.75, 3.05) is 32.7 Å². The fraction of sp³-hybridized carbons (Fsp3) is 0.269. The molecule has 3 aromatic carbocycles. The number of hydrogen-bond donors (Lipinski definition) is 2. The summed E-state index contributed by atoms with van der Waals surface area (Å²) in [5.41, 5.74) is 3.14. The Hall–Kier alpha value is -3.02. The molecule has 5 heteroatoms. The highest BCUT2D eigenvalue weighted by Crippen LogP contribution is 2.17. The van der Waals surface area contributed by atoms with Crippen molar-refractivity contribution in [2.45, 2.75) is 12.6 Å². The lowest BCUT2D eigenvalue weighted by molar-refractivity contribution is -0.917. The Bertz CT molecular complexity index is 933. The molecule has 0 atom stereocenters. The summed E-state index contributed by atoms with van der Waals surface area (Å²) in [6.07, 6.45) is 0. The van der Waals surface area contributed by atoms with Crippen LogP contribution in [0, 0.1) is 5.82 Å². The summed E-state index contributed by atoms with van der Waals surface area (Å²) < 4.78 is 13.9. The quantitative estimate of drug-likeness (QED) is 0.597. The summed E-state index contributed by atoms with van der Waals surface area (Å²) in [5, 5.41) is 2.13. The van der Waals surface area contributed by atoms with E-state index in [1.165, 1.54) is 22.1 Å². The molecule has 4 rings (SSSR count). The molecular weight excluding hydrogens is 389 g/mol. The van der Waals surface area contributed by atoms with Crippen molar-refractivity contribution in [1.82, 2.24) is 4.90 Å². The normalized spacial score (nSPS) is 14.7. The molecule has 160 valence electrons. The Morgan fingerprint density at radius 1 is 0.871 bits per heavy atom. The Balaban J connectivity index is 1.32. The smallest absolute Gasteiger partial charge is 0.278 e. The molecule has 4 nitrogen and oxygen atoms in total. The second-order valence-electron chi connectivity index (χ2n) is 8.14. The molecule has 0 bridgehead atoms. The molecule has 0 aliphatic carbocycles. The number of quaternary nitrogens is 2. The second-order valence-corrected chi connectivity index (χ2v) is 8.14. The van der Waals surface area contributed by atoms with Crippen molar-refractivity contribution < 1.29 is 19.4 Å². The molecule has 1 amide bonds. The SMILES string of the molecule is O=C(C[NH2+]C(c1ccccc1)c1ccccc1)N1CC[NH+](Cc2ccccc2F)CC1. The minimum atomic E-state index is -0.143. The van der Waals surface area contributed by atoms with Crippen LogP contribution in [0.2, 0.25) is 0 Å². The Morgan fingerprint density at radius 2 is 1.42 bits per heavy atom. The summed E-state index contributed by atoms with van der Waals surface area (Å²) in [6, 6.07) is 27.7. The first-order valence-electron chi connectivity index (χ1n) is 11.0. The summed E-state index contributed by atoms with van der Waals surface area (Å²) in [7, 11) is 0. The molecule has 3 N–H and O–H groups in total. The van der Waals surface area contributed by atoms with Gasteiger partial charge in [0.05, 0.1) is 26.2 Å². The van der Waals surface area contributed by atoms with Crippen LogP contribution in [-0.2, 0) is 11.3 Å². The second kappa shape index (κ2) is 10.3. The Labute approximate surface area is 183 Å². The van der Waals surface area contributed by atoms with Gasteiger partial charge >= 0.3 is 0 Å². The van der Waals surface area contributed by atoms with Crippen molar-refractivity contribution in [3.63, 3.8) is 0 Å². The van der Waals surface area contributed by atoms with E-state index >= 15 is 0 Å². The van der Waals surface area contributed by atoms with Gasteiger partial charge in [-0.25, -0.2) is 4.39 Å². The molecule has 1 aliphatic rings. The minimum absolute atomic E-state index is 0.0966. The maximum Gasteiger partial charge on any atom is 0.278 e. The van der Waals surface area contributed by atoms with Gasteiger partial charge in [-0.2, -0.15) is 0 Å². The summed E-state index contributed by atoms with van der Waals surface area (Å²) in [6.45, 7) is 4.22. The number of rotatable bonds is 7. The predicted molar refractivity (Wildman–Crippen MR) is 119 cm³/mol. The van der Waals surface area contributed by atoms with Gasteiger partial charge in [-0.1, -0.05) is 78.9 Å². The molecule has 1 saturated heterocycles. The van der Waals surface area contributed by atoms with E-state index in [1.807, 2.05) is 53.4 Å². The van der Waals surface area contributed by atoms with E-state index in [2.05, 4.69) is 29.6 Å². The molecule has 0 aromatic heterocycles. The Kier molecular flexibility index (Phi) is 7.07. The van der Waals surface area contributed by atoms with E-state index in [1.54, 1.807) is 6.07 Å². The third-order valence-electron chi connectivity index (χ3n) is 6.07. The fourth-order valence-corrected chi connectivity index (χ4v) is 4.29. The van der Waals surface area contributed by atoms with Gasteiger partial charge in [0.15, 0.2) is 6.54 Å². The van der Waals surface area contributed by atoms with Gasteiger partial charge in [0.2, 0.25) is 0 Å². The maximum absolute atomic E-state index is 13.9. The minimum Gasteiger partial charge on any atom is -0.328 e. The molecule has 0 spiro atoms. The summed E-state index contributed by atoms with van der Waals surface area (Å²) >= 11 is 0. The number of halogens is 1. The number of nitrogens with one attached hydrogen (secondary N) is 1. The summed E-state index contributed by atoms with van der Waals surface area (Å²) in [5.74, 6) is 0.0257. The number of piperazine rings is 1. The lowest BCUT2D eigenvalue weighted by Crippen LogP contribution is -3.13. The maximum atomic E-state index is 13.9. The van der Waals surface area contributed by atoms with Crippen molar-refractivity contribution in [3.8, 4) is 0 Å². The molecule has 0 saturated carbocycles. The monoisotopic (exact) mass is 419 g/mol. The van der Waals surface area contributed by atoms with Crippen molar-refractivity contribution >= 4 is 5.91 Å². The number of amides is 1. The first-order chi connectivity index (χ1) is 15.2. The van der Waals surface area contributed by atoms with Crippen LogP contribution in [0.15, 0.2) is 84.9 Å². The van der Waals surface area contributed by atoms with Crippen molar-refractivity contribution in [2.24, 2.45) is 0 Å². The van der Waals surface area contributed by atoms with Crippen LogP contribution in [0.4, 0.5) is 4.39 Å². The average Bonchev–Trinajstić information content (AvgIpc) is 2.82. The zero-order valence-corrected chi connectivity index (χ0v) is 17.7. The van der Waals surface area contributed by atoms with Crippen LogP contribution < -0.4 is 10.2 Å². The zero-order chi connectivity index (χ0) is 21.5. The van der Waals surface area contributed by atoms with E-state index in [-0.39, 0.29) is 17.8 Å². The van der Waals surface area contributed by atoms with Gasteiger partial charge in [-0.05, 0) is 6.07 Å². The third kappa shape index (κ3) is 5.57. The first kappa shape index (κ1) is 21.2. The number of nitrogens with zero attached hydrogens (tertiary/aromatic N) is 1. The molecule has 3 aromatic rings. The molecule has 1 fully saturated rings. The van der Waals surface area contributed by atoms with Crippen LogP contribution in [0.3, 0.4) is 0 Å². The third-order valence-corrected chi connectivity index (χ3v) is 6.07. The predicted octanol–water partition coefficient (Wildman–Crippen LogP) is 1.41. The Morgan fingerprint density at radius 3 is 2.00 bits per heavy atom. The number of carbonyl (C=O) groups is 1. The van der Waals surface area contributed by atoms with Gasteiger partial charge in [-0.15, -0.1) is 0 Å². The molecule has 1 heterocycles. The first-order valence-corrected chi connectivity index (χ1v) is 11.0. The van der Waals surface area contributed by atoms with E-state index < -0.39 is 0 Å². The number of hydrogen-bond acceptors (Lipinski definition) is 1. The number of carbonyl (C=O) groups excluding carboxylic acids is 1. The van der Waals surface area contributed by atoms with E-state index in [0.29, 0.717) is 13.1 Å². The molecule has 0 unspecified atom stereocenters. The van der Waals surface area contributed by atoms with Gasteiger partial charge in [0, 0.05) is 16.7 Å². The van der Waals surface area contributed by atoms with Gasteiger partial charge in [0.1, 0.15) is 18.4 Å². The molecular formula is C26H30FN3O+2. The number of benzene rings is 3. The average molecular weight is 420 g/mol. The zero-order valence-electron chi connectivity index (χ0n) is 17.7. The van der Waals surface area contributed by atoms with Gasteiger partial charge in [0.25, 0.3) is 5.91 Å². The molecule has 1 aliphatic heterocycles. The van der Waals surface area contributed by atoms with E-state index in [4.69, 9.17) is 0 Å². The number of nitrogens with two attached hydrogens (primary N) is 1. The van der Waals surface area contributed by atoms with Crippen LogP contribution >= 0.6 is 0 Å². The van der Waals surface area contributed by atoms with Gasteiger partial charge in [-0.3, -0.25) is 4.79 Å². The van der Waals surface area contributed by atoms with Gasteiger partial charge < -0.3 is 15.1 Å². The topological polar surface area (TPSA) is 41.4 Å². The van der Waals surface area contributed by atoms with E-state index in [0.717, 1.165) is 31.7 Å². The fourth-order valence-electron chi connectivity index (χ4n) is 4.29. The largest absolute Gasteiger partial charge is 0.328 e. The van der Waals surface area contributed by atoms with Crippen LogP contribution in [0.25, 0.3) is 0 Å².